The Morgan fingerprint density at radius 1 is 0.821 bits per heavy atom. The first kappa shape index (κ1) is 34.9. The molecule has 0 radical (unpaired) electrons. The first-order valence-electron chi connectivity index (χ1n) is 15.8. The lowest BCUT2D eigenvalue weighted by Crippen LogP contribution is -2.19. The minimum absolute atomic E-state index is 0.235. The van der Waals surface area contributed by atoms with Crippen LogP contribution < -0.4 is 0 Å². The molecule has 0 unspecified atom stereocenters. The molecule has 0 saturated heterocycles. The molecule has 1 rings (SSSR count). The van der Waals surface area contributed by atoms with Crippen LogP contribution in [0.5, 0.6) is 0 Å². The Morgan fingerprint density at radius 2 is 1.38 bits per heavy atom. The number of rotatable bonds is 19. The summed E-state index contributed by atoms with van der Waals surface area (Å²) in [5, 5.41) is 0. The number of hydrogen-bond donors (Lipinski definition) is 0. The summed E-state index contributed by atoms with van der Waals surface area (Å²) >= 11 is 0. The molecule has 0 aromatic rings. The number of ether oxygens (including phenoxy) is 1. The van der Waals surface area contributed by atoms with Crippen molar-refractivity contribution >= 4 is 11.9 Å². The van der Waals surface area contributed by atoms with Crippen LogP contribution in [0.15, 0.2) is 58.7 Å². The average Bonchev–Trinajstić information content (AvgIpc) is 2.86. The molecule has 0 aromatic carbocycles. The van der Waals surface area contributed by atoms with Gasteiger partial charge in [0.1, 0.15) is 0 Å². The number of allylic oxidation sites excluding steroid dienone is 9. The van der Waals surface area contributed by atoms with E-state index in [2.05, 4.69) is 46.8 Å². The van der Waals surface area contributed by atoms with Crippen molar-refractivity contribution in [1.29, 1.82) is 0 Å². The van der Waals surface area contributed by atoms with Crippen LogP contribution >= 0.6 is 0 Å². The third-order valence-electron chi connectivity index (χ3n) is 7.82. The average molecular weight is 539 g/mol. The molecule has 39 heavy (non-hydrogen) atoms. The Bertz CT molecular complexity index is 879. The van der Waals surface area contributed by atoms with E-state index in [1.165, 1.54) is 101 Å². The molecule has 0 saturated carbocycles. The van der Waals surface area contributed by atoms with Gasteiger partial charge in [0.2, 0.25) is 0 Å². The summed E-state index contributed by atoms with van der Waals surface area (Å²) in [6.07, 6.45) is 32.0. The van der Waals surface area contributed by atoms with E-state index in [-0.39, 0.29) is 5.41 Å². The topological polar surface area (TPSA) is 43.4 Å². The summed E-state index contributed by atoms with van der Waals surface area (Å²) in [6, 6.07) is 0. The van der Waals surface area contributed by atoms with Crippen molar-refractivity contribution in [2.75, 3.05) is 0 Å². The first-order chi connectivity index (χ1) is 18.7. The Balaban J connectivity index is 2.22. The van der Waals surface area contributed by atoms with Crippen LogP contribution in [0.4, 0.5) is 0 Å². The smallest absolute Gasteiger partial charge is 0.338 e. The van der Waals surface area contributed by atoms with E-state index >= 15 is 0 Å². The van der Waals surface area contributed by atoms with Gasteiger partial charge >= 0.3 is 11.9 Å². The number of unbranched alkanes of at least 4 members (excludes halogenated alkanes) is 12. The molecule has 0 aromatic heterocycles. The van der Waals surface area contributed by atoms with Gasteiger partial charge < -0.3 is 4.74 Å². The van der Waals surface area contributed by atoms with Crippen LogP contribution in [-0.2, 0) is 14.3 Å². The monoisotopic (exact) mass is 538 g/mol. The van der Waals surface area contributed by atoms with Gasteiger partial charge in [-0.1, -0.05) is 139 Å². The van der Waals surface area contributed by atoms with Crippen LogP contribution in [0, 0.1) is 5.41 Å². The summed E-state index contributed by atoms with van der Waals surface area (Å²) in [4.78, 5) is 24.1. The molecule has 0 atom stereocenters. The van der Waals surface area contributed by atoms with Crippen molar-refractivity contribution in [3.05, 3.63) is 58.7 Å². The van der Waals surface area contributed by atoms with Gasteiger partial charge in [-0.2, -0.15) is 0 Å². The maximum Gasteiger partial charge on any atom is 0.338 e. The third kappa shape index (κ3) is 17.2. The largest absolute Gasteiger partial charge is 0.390 e. The molecule has 3 nitrogen and oxygen atoms in total. The molecule has 0 bridgehead atoms. The van der Waals surface area contributed by atoms with Crippen LogP contribution in [0.3, 0.4) is 0 Å². The first-order valence-corrected chi connectivity index (χ1v) is 15.8. The lowest BCUT2D eigenvalue weighted by molar-refractivity contribution is -0.156. The van der Waals surface area contributed by atoms with E-state index in [0.29, 0.717) is 6.42 Å². The zero-order chi connectivity index (χ0) is 28.9. The van der Waals surface area contributed by atoms with Gasteiger partial charge in [0.25, 0.3) is 0 Å². The van der Waals surface area contributed by atoms with E-state index in [0.717, 1.165) is 30.4 Å². The Hall–Kier alpha value is -2.16. The molecule has 0 spiro atoms. The SMILES string of the molecule is CCCCCCCCCCCCCCCC(=O)OC(=O)/C=C(C)/C=C/C=C(C)\C=C\C1=C(C)CCCC1(C)C. The van der Waals surface area contributed by atoms with Crippen molar-refractivity contribution in [1.82, 2.24) is 0 Å². The van der Waals surface area contributed by atoms with E-state index in [9.17, 15) is 9.59 Å². The van der Waals surface area contributed by atoms with Crippen LogP contribution in [0.2, 0.25) is 0 Å². The van der Waals surface area contributed by atoms with Crippen LogP contribution in [-0.4, -0.2) is 11.9 Å². The van der Waals surface area contributed by atoms with Gasteiger partial charge in [0, 0.05) is 12.5 Å². The molecule has 220 valence electrons. The van der Waals surface area contributed by atoms with Crippen molar-refractivity contribution in [3.63, 3.8) is 0 Å². The molecule has 0 aliphatic heterocycles. The molecular formula is C36H58O3. The second-order valence-electron chi connectivity index (χ2n) is 12.2. The lowest BCUT2D eigenvalue weighted by atomic mass is 9.72. The van der Waals surface area contributed by atoms with Crippen molar-refractivity contribution < 1.29 is 14.3 Å². The second-order valence-corrected chi connectivity index (χ2v) is 12.2. The maximum absolute atomic E-state index is 12.1. The number of esters is 2. The maximum atomic E-state index is 12.1. The Kier molecular flexibility index (Phi) is 18.5. The van der Waals surface area contributed by atoms with Gasteiger partial charge in [-0.05, 0) is 63.0 Å². The minimum atomic E-state index is -0.584. The summed E-state index contributed by atoms with van der Waals surface area (Å²) in [7, 11) is 0. The van der Waals surface area contributed by atoms with E-state index in [1.54, 1.807) is 0 Å². The van der Waals surface area contributed by atoms with E-state index in [4.69, 9.17) is 4.74 Å². The zero-order valence-electron chi connectivity index (χ0n) is 26.2. The standard InChI is InChI=1S/C36H58O3/c1-7-8-9-10-11-12-13-14-15-16-17-18-19-25-34(37)39-35(38)29-31(3)23-20-22-30(2)26-27-33-32(4)24-21-28-36(33,5)6/h20,22-23,26-27,29H,7-19,21,24-25,28H2,1-6H3/b23-20+,27-26+,30-22-,31-29+. The fourth-order valence-corrected chi connectivity index (χ4v) is 5.35. The normalized spacial score (nSPS) is 16.5. The van der Waals surface area contributed by atoms with Gasteiger partial charge in [-0.3, -0.25) is 4.79 Å². The Labute approximate surface area is 240 Å². The fourth-order valence-electron chi connectivity index (χ4n) is 5.35. The third-order valence-corrected chi connectivity index (χ3v) is 7.82. The summed E-state index contributed by atoms with van der Waals surface area (Å²) in [6.45, 7) is 13.1. The quantitative estimate of drug-likeness (QED) is 0.0540. The summed E-state index contributed by atoms with van der Waals surface area (Å²) in [5.74, 6) is -1.01. The highest BCUT2D eigenvalue weighted by atomic mass is 16.6. The van der Waals surface area contributed by atoms with Crippen molar-refractivity contribution in [2.24, 2.45) is 5.41 Å². The molecule has 0 amide bonds. The van der Waals surface area contributed by atoms with Gasteiger partial charge in [-0.25, -0.2) is 4.79 Å². The minimum Gasteiger partial charge on any atom is -0.390 e. The lowest BCUT2D eigenvalue weighted by Gasteiger charge is -2.32. The molecule has 0 fully saturated rings. The fraction of sp³-hybridized carbons (Fsp3) is 0.667. The zero-order valence-corrected chi connectivity index (χ0v) is 26.2. The highest BCUT2D eigenvalue weighted by molar-refractivity contribution is 5.92. The van der Waals surface area contributed by atoms with Crippen LogP contribution in [0.1, 0.15) is 151 Å². The number of carbonyl (C=O) groups is 2. The van der Waals surface area contributed by atoms with Crippen molar-refractivity contribution in [2.45, 2.75) is 151 Å². The van der Waals surface area contributed by atoms with Gasteiger partial charge in [0.15, 0.2) is 0 Å². The molecule has 3 heteroatoms. The van der Waals surface area contributed by atoms with Crippen molar-refractivity contribution in [3.8, 4) is 0 Å². The second kappa shape index (κ2) is 20.7. The van der Waals surface area contributed by atoms with E-state index < -0.39 is 11.9 Å². The highest BCUT2D eigenvalue weighted by Crippen LogP contribution is 2.40. The number of hydrogen-bond acceptors (Lipinski definition) is 3. The van der Waals surface area contributed by atoms with E-state index in [1.807, 2.05) is 25.2 Å². The molecule has 1 aliphatic rings. The van der Waals surface area contributed by atoms with Crippen LogP contribution in [0.25, 0.3) is 0 Å². The Morgan fingerprint density at radius 3 is 1.95 bits per heavy atom. The molecular weight excluding hydrogens is 480 g/mol. The molecule has 0 N–H and O–H groups in total. The molecule has 1 aliphatic carbocycles. The molecule has 0 heterocycles. The summed E-state index contributed by atoms with van der Waals surface area (Å²) < 4.78 is 4.97. The van der Waals surface area contributed by atoms with Gasteiger partial charge in [-0.15, -0.1) is 0 Å². The number of carbonyl (C=O) groups excluding carboxylic acids is 2. The van der Waals surface area contributed by atoms with Gasteiger partial charge in [0.05, 0.1) is 0 Å². The highest BCUT2D eigenvalue weighted by Gasteiger charge is 2.26. The predicted octanol–water partition coefficient (Wildman–Crippen LogP) is 11.1. The predicted molar refractivity (Wildman–Crippen MR) is 168 cm³/mol. The summed E-state index contributed by atoms with van der Waals surface area (Å²) in [5.41, 5.74) is 5.09.